The summed E-state index contributed by atoms with van der Waals surface area (Å²) in [6.45, 7) is 2.26. The third kappa shape index (κ3) is 5.33. The number of carbonyl (C=O) groups excluding carboxylic acids is 1. The van der Waals surface area contributed by atoms with E-state index in [2.05, 4.69) is 16.4 Å². The fourth-order valence-corrected chi connectivity index (χ4v) is 5.18. The molecule has 1 N–H and O–H groups in total. The van der Waals surface area contributed by atoms with E-state index in [-0.39, 0.29) is 24.4 Å². The Balaban J connectivity index is 1.49. The molecule has 2 aromatic heterocycles. The summed E-state index contributed by atoms with van der Waals surface area (Å²) >= 11 is 2.98. The number of carbonyl (C=O) groups is 1. The standard InChI is InChI=1S/C25H22N4O2S2/c1-17-7-9-18(10-8-17)19-15-33-24-23(19)25(31)29(16-27-24)13-11-22(30)28-20-5-2-3-6-21(20)32-14-4-12-26/h2-3,5-10,15-16H,4,11,13-14H2,1H3,(H,28,30). The lowest BCUT2D eigenvalue weighted by molar-refractivity contribution is -0.116. The van der Waals surface area contributed by atoms with Crippen LogP contribution in [0, 0.1) is 18.3 Å². The minimum absolute atomic E-state index is 0.142. The quantitative estimate of drug-likeness (QED) is 0.270. The predicted octanol–water partition coefficient (Wildman–Crippen LogP) is 5.47. The molecule has 1 amide bonds. The Morgan fingerprint density at radius 1 is 1.21 bits per heavy atom. The van der Waals surface area contributed by atoms with Crippen molar-refractivity contribution in [3.05, 3.63) is 76.2 Å². The molecular formula is C25H22N4O2S2. The van der Waals surface area contributed by atoms with Gasteiger partial charge in [0.2, 0.25) is 5.91 Å². The first-order valence-electron chi connectivity index (χ1n) is 10.5. The van der Waals surface area contributed by atoms with Crippen LogP contribution in [0.25, 0.3) is 21.3 Å². The summed E-state index contributed by atoms with van der Waals surface area (Å²) in [5.41, 5.74) is 3.58. The molecule has 4 aromatic rings. The zero-order valence-electron chi connectivity index (χ0n) is 18.1. The first-order valence-corrected chi connectivity index (χ1v) is 12.4. The topological polar surface area (TPSA) is 87.8 Å². The van der Waals surface area contributed by atoms with Crippen LogP contribution in [0.1, 0.15) is 18.4 Å². The van der Waals surface area contributed by atoms with E-state index in [1.54, 1.807) is 0 Å². The van der Waals surface area contributed by atoms with Crippen LogP contribution in [0.2, 0.25) is 0 Å². The molecule has 0 aliphatic heterocycles. The van der Waals surface area contributed by atoms with E-state index in [1.165, 1.54) is 34.0 Å². The molecule has 0 saturated carbocycles. The summed E-state index contributed by atoms with van der Waals surface area (Å²) in [6, 6.07) is 17.7. The fourth-order valence-electron chi connectivity index (χ4n) is 3.41. The molecule has 0 atom stereocenters. The molecule has 0 bridgehead atoms. The largest absolute Gasteiger partial charge is 0.325 e. The molecule has 0 fully saturated rings. The number of hydrogen-bond acceptors (Lipinski definition) is 6. The van der Waals surface area contributed by atoms with Gasteiger partial charge in [-0.3, -0.25) is 14.2 Å². The molecule has 33 heavy (non-hydrogen) atoms. The molecular weight excluding hydrogens is 452 g/mol. The normalized spacial score (nSPS) is 10.8. The van der Waals surface area contributed by atoms with Crippen molar-refractivity contribution in [3.63, 3.8) is 0 Å². The van der Waals surface area contributed by atoms with Crippen LogP contribution in [0.3, 0.4) is 0 Å². The zero-order chi connectivity index (χ0) is 23.2. The summed E-state index contributed by atoms with van der Waals surface area (Å²) in [5.74, 6) is 0.480. The van der Waals surface area contributed by atoms with E-state index in [4.69, 9.17) is 5.26 Å². The number of benzene rings is 2. The summed E-state index contributed by atoms with van der Waals surface area (Å²) < 4.78 is 1.50. The van der Waals surface area contributed by atoms with Gasteiger partial charge in [0.05, 0.1) is 23.5 Å². The van der Waals surface area contributed by atoms with Gasteiger partial charge < -0.3 is 5.32 Å². The molecule has 0 radical (unpaired) electrons. The highest BCUT2D eigenvalue weighted by Gasteiger charge is 2.14. The molecule has 6 nitrogen and oxygen atoms in total. The van der Waals surface area contributed by atoms with Crippen molar-refractivity contribution in [2.45, 2.75) is 31.2 Å². The molecule has 0 aliphatic rings. The maximum atomic E-state index is 13.2. The van der Waals surface area contributed by atoms with Crippen LogP contribution in [0.15, 0.2) is 69.9 Å². The number of anilines is 1. The molecule has 4 rings (SSSR count). The Labute approximate surface area is 199 Å². The third-order valence-corrected chi connectivity index (χ3v) is 7.10. The van der Waals surface area contributed by atoms with Gasteiger partial charge in [0.1, 0.15) is 4.83 Å². The molecule has 0 saturated heterocycles. The molecule has 0 aliphatic carbocycles. The van der Waals surface area contributed by atoms with Gasteiger partial charge in [-0.15, -0.1) is 23.1 Å². The minimum atomic E-state index is -0.181. The van der Waals surface area contributed by atoms with Crippen LogP contribution in [0.4, 0.5) is 5.69 Å². The molecule has 0 unspecified atom stereocenters. The fraction of sp³-hybridized carbons (Fsp3) is 0.200. The minimum Gasteiger partial charge on any atom is -0.325 e. The highest BCUT2D eigenvalue weighted by Crippen LogP contribution is 2.31. The number of rotatable bonds is 8. The van der Waals surface area contributed by atoms with Crippen molar-refractivity contribution in [2.75, 3.05) is 11.1 Å². The number of nitrogens with zero attached hydrogens (tertiary/aromatic N) is 3. The number of amides is 1. The number of para-hydroxylation sites is 1. The summed E-state index contributed by atoms with van der Waals surface area (Å²) in [4.78, 5) is 31.9. The number of thioether (sulfide) groups is 1. The van der Waals surface area contributed by atoms with Crippen molar-refractivity contribution < 1.29 is 4.79 Å². The average Bonchev–Trinajstić information content (AvgIpc) is 3.25. The van der Waals surface area contributed by atoms with Gasteiger partial charge in [-0.25, -0.2) is 4.98 Å². The van der Waals surface area contributed by atoms with Crippen LogP contribution < -0.4 is 10.9 Å². The first-order chi connectivity index (χ1) is 16.1. The number of aryl methyl sites for hydroxylation is 2. The Kier molecular flexibility index (Phi) is 7.23. The Hall–Kier alpha value is -3.41. The van der Waals surface area contributed by atoms with Gasteiger partial charge in [0.25, 0.3) is 5.56 Å². The number of aromatic nitrogens is 2. The van der Waals surface area contributed by atoms with Crippen molar-refractivity contribution in [3.8, 4) is 17.2 Å². The van der Waals surface area contributed by atoms with E-state index in [9.17, 15) is 9.59 Å². The van der Waals surface area contributed by atoms with Crippen LogP contribution in [-0.2, 0) is 11.3 Å². The number of fused-ring (bicyclic) bond motifs is 1. The van der Waals surface area contributed by atoms with E-state index < -0.39 is 0 Å². The molecule has 166 valence electrons. The van der Waals surface area contributed by atoms with E-state index in [0.29, 0.717) is 28.1 Å². The van der Waals surface area contributed by atoms with Crippen LogP contribution in [-0.4, -0.2) is 21.2 Å². The SMILES string of the molecule is Cc1ccc(-c2csc3ncn(CCC(=O)Nc4ccccc4SCCC#N)c(=O)c23)cc1. The van der Waals surface area contributed by atoms with E-state index >= 15 is 0 Å². The maximum absolute atomic E-state index is 13.2. The van der Waals surface area contributed by atoms with Crippen LogP contribution in [0.5, 0.6) is 0 Å². The molecule has 0 spiro atoms. The summed E-state index contributed by atoms with van der Waals surface area (Å²) in [5, 5.41) is 14.2. The zero-order valence-corrected chi connectivity index (χ0v) is 19.7. The monoisotopic (exact) mass is 474 g/mol. The van der Waals surface area contributed by atoms with Gasteiger partial charge >= 0.3 is 0 Å². The Bertz CT molecular complexity index is 1380. The summed E-state index contributed by atoms with van der Waals surface area (Å²) in [6.07, 6.45) is 2.10. The van der Waals surface area contributed by atoms with Crippen molar-refractivity contribution in [1.29, 1.82) is 5.26 Å². The first kappa shape index (κ1) is 22.8. The molecule has 8 heteroatoms. The average molecular weight is 475 g/mol. The highest BCUT2D eigenvalue weighted by molar-refractivity contribution is 7.99. The Morgan fingerprint density at radius 3 is 2.79 bits per heavy atom. The predicted molar refractivity (Wildman–Crippen MR) is 135 cm³/mol. The molecule has 2 aromatic carbocycles. The smallest absolute Gasteiger partial charge is 0.262 e. The van der Waals surface area contributed by atoms with E-state index in [0.717, 1.165) is 21.6 Å². The molecule has 2 heterocycles. The van der Waals surface area contributed by atoms with Crippen molar-refractivity contribution in [2.24, 2.45) is 0 Å². The number of hydrogen-bond donors (Lipinski definition) is 1. The maximum Gasteiger partial charge on any atom is 0.262 e. The summed E-state index contributed by atoms with van der Waals surface area (Å²) in [7, 11) is 0. The lowest BCUT2D eigenvalue weighted by atomic mass is 10.1. The lowest BCUT2D eigenvalue weighted by Gasteiger charge is -2.11. The van der Waals surface area contributed by atoms with Gasteiger partial charge in [-0.2, -0.15) is 5.26 Å². The van der Waals surface area contributed by atoms with Gasteiger partial charge in [0, 0.05) is 41.0 Å². The van der Waals surface area contributed by atoms with Crippen molar-refractivity contribution in [1.82, 2.24) is 9.55 Å². The lowest BCUT2D eigenvalue weighted by Crippen LogP contribution is -2.23. The second kappa shape index (κ2) is 10.5. The number of nitriles is 1. The van der Waals surface area contributed by atoms with Gasteiger partial charge in [-0.1, -0.05) is 42.0 Å². The van der Waals surface area contributed by atoms with Crippen LogP contribution >= 0.6 is 23.1 Å². The third-order valence-electron chi connectivity index (χ3n) is 5.14. The van der Waals surface area contributed by atoms with Crippen molar-refractivity contribution >= 4 is 44.9 Å². The number of thiophene rings is 1. The second-order valence-electron chi connectivity index (χ2n) is 7.49. The highest BCUT2D eigenvalue weighted by atomic mass is 32.2. The Morgan fingerprint density at radius 2 is 2.00 bits per heavy atom. The van der Waals surface area contributed by atoms with Gasteiger partial charge in [-0.05, 0) is 24.6 Å². The van der Waals surface area contributed by atoms with E-state index in [1.807, 2.05) is 60.8 Å². The van der Waals surface area contributed by atoms with Gasteiger partial charge in [0.15, 0.2) is 0 Å². The second-order valence-corrected chi connectivity index (χ2v) is 9.48. The number of nitrogens with one attached hydrogen (secondary N) is 1.